The van der Waals surface area contributed by atoms with Gasteiger partial charge in [0, 0.05) is 11.9 Å². The number of hydrogen-bond acceptors (Lipinski definition) is 2. The van der Waals surface area contributed by atoms with Gasteiger partial charge in [-0.15, -0.1) is 0 Å². The Morgan fingerprint density at radius 2 is 2.13 bits per heavy atom. The van der Waals surface area contributed by atoms with Crippen LogP contribution in [-0.2, 0) is 0 Å². The van der Waals surface area contributed by atoms with Crippen LogP contribution < -0.4 is 0 Å². The first-order valence-electron chi connectivity index (χ1n) is 4.97. The van der Waals surface area contributed by atoms with Gasteiger partial charge in [-0.2, -0.15) is 0 Å². The minimum absolute atomic E-state index is 0.601. The second kappa shape index (κ2) is 9.34. The summed E-state index contributed by atoms with van der Waals surface area (Å²) in [5.41, 5.74) is 1.08. The molecule has 0 fully saturated rings. The Morgan fingerprint density at radius 3 is 2.67 bits per heavy atom. The molecule has 0 radical (unpaired) electrons. The first-order valence-corrected chi connectivity index (χ1v) is 5.85. The first-order chi connectivity index (χ1) is 7.29. The molecule has 82 valence electrons. The number of hydrogen-bond donors (Lipinski definition) is 2. The first kappa shape index (κ1) is 13.8. The average molecular weight is 222 g/mol. The Balaban J connectivity index is 0.000000921. The monoisotopic (exact) mass is 222 g/mol. The molecule has 2 nitrogen and oxygen atoms in total. The van der Waals surface area contributed by atoms with Crippen molar-refractivity contribution in [3.8, 4) is 0 Å². The van der Waals surface area contributed by atoms with Gasteiger partial charge in [0.15, 0.2) is 0 Å². The topological polar surface area (TPSA) is 39.6 Å². The summed E-state index contributed by atoms with van der Waals surface area (Å²) >= 11 is 1.41. The van der Waals surface area contributed by atoms with Crippen LogP contribution in [0.3, 0.4) is 0 Å². The molecule has 3 heteroatoms. The van der Waals surface area contributed by atoms with Gasteiger partial charge in [-0.1, -0.05) is 37.8 Å². The van der Waals surface area contributed by atoms with Crippen molar-refractivity contribution in [2.45, 2.75) is 20.8 Å². The van der Waals surface area contributed by atoms with Crippen LogP contribution in [0, 0.1) is 5.41 Å². The van der Waals surface area contributed by atoms with E-state index in [2.05, 4.69) is 4.98 Å². The van der Waals surface area contributed by atoms with E-state index in [1.165, 1.54) is 11.8 Å². The number of thioether (sulfide) groups is 1. The van der Waals surface area contributed by atoms with Crippen LogP contribution in [0.5, 0.6) is 0 Å². The summed E-state index contributed by atoms with van der Waals surface area (Å²) < 4.78 is 0. The summed E-state index contributed by atoms with van der Waals surface area (Å²) in [6.45, 7) is 5.77. The van der Waals surface area contributed by atoms with Gasteiger partial charge in [0.25, 0.3) is 0 Å². The van der Waals surface area contributed by atoms with Crippen molar-refractivity contribution in [2.75, 3.05) is 0 Å². The van der Waals surface area contributed by atoms with Gasteiger partial charge in [-0.25, -0.2) is 0 Å². The van der Waals surface area contributed by atoms with Crippen molar-refractivity contribution in [1.29, 1.82) is 5.41 Å². The van der Waals surface area contributed by atoms with Crippen LogP contribution in [0.2, 0.25) is 0 Å². The van der Waals surface area contributed by atoms with E-state index in [-0.39, 0.29) is 0 Å². The van der Waals surface area contributed by atoms with Crippen molar-refractivity contribution in [3.05, 3.63) is 41.6 Å². The lowest BCUT2D eigenvalue weighted by Crippen LogP contribution is -1.71. The summed E-state index contributed by atoms with van der Waals surface area (Å²) in [6.07, 6.45) is 7.74. The average Bonchev–Trinajstić information content (AvgIpc) is 2.73. The van der Waals surface area contributed by atoms with Crippen molar-refractivity contribution < 1.29 is 0 Å². The fourth-order valence-electron chi connectivity index (χ4n) is 0.794. The number of aromatic nitrogens is 1. The summed E-state index contributed by atoms with van der Waals surface area (Å²) in [5, 5.41) is 9.64. The predicted molar refractivity (Wildman–Crippen MR) is 71.3 cm³/mol. The van der Waals surface area contributed by atoms with E-state index in [1.54, 1.807) is 6.92 Å². The number of aromatic amines is 1. The van der Waals surface area contributed by atoms with E-state index < -0.39 is 0 Å². The molecule has 0 saturated carbocycles. The van der Waals surface area contributed by atoms with Gasteiger partial charge >= 0.3 is 0 Å². The van der Waals surface area contributed by atoms with Crippen molar-refractivity contribution in [1.82, 2.24) is 4.98 Å². The van der Waals surface area contributed by atoms with Gasteiger partial charge in [-0.05, 0) is 30.5 Å². The third kappa shape index (κ3) is 7.82. The van der Waals surface area contributed by atoms with Crippen LogP contribution in [-0.4, -0.2) is 10.0 Å². The normalized spacial score (nSPS) is 10.3. The number of H-pyrrole nitrogens is 1. The third-order valence-electron chi connectivity index (χ3n) is 1.33. The van der Waals surface area contributed by atoms with Crippen LogP contribution in [0.4, 0.5) is 0 Å². The minimum atomic E-state index is 0.601. The molecular weight excluding hydrogens is 204 g/mol. The number of allylic oxidation sites excluding steroid dienone is 2. The Labute approximate surface area is 96.0 Å². The molecule has 0 unspecified atom stereocenters. The zero-order valence-electron chi connectivity index (χ0n) is 9.45. The van der Waals surface area contributed by atoms with E-state index in [9.17, 15) is 0 Å². The second-order valence-electron chi connectivity index (χ2n) is 2.49. The molecule has 2 N–H and O–H groups in total. The second-order valence-corrected chi connectivity index (χ2v) is 3.61. The van der Waals surface area contributed by atoms with Gasteiger partial charge < -0.3 is 4.98 Å². The van der Waals surface area contributed by atoms with Crippen LogP contribution in [0.15, 0.2) is 35.9 Å². The molecule has 0 aromatic carbocycles. The molecule has 0 spiro atoms. The van der Waals surface area contributed by atoms with E-state index in [0.717, 1.165) is 5.69 Å². The van der Waals surface area contributed by atoms with Crippen molar-refractivity contribution in [3.63, 3.8) is 0 Å². The fraction of sp³-hybridized carbons (Fsp3) is 0.250. The molecule has 1 heterocycles. The maximum atomic E-state index is 7.15. The maximum absolute atomic E-state index is 7.15. The predicted octanol–water partition coefficient (Wildman–Crippen LogP) is 4.30. The minimum Gasteiger partial charge on any atom is -0.362 e. The highest BCUT2D eigenvalue weighted by molar-refractivity contribution is 8.16. The summed E-state index contributed by atoms with van der Waals surface area (Å²) in [6, 6.07) is 3.96. The molecule has 1 aromatic rings. The fourth-order valence-corrected chi connectivity index (χ4v) is 1.17. The lowest BCUT2D eigenvalue weighted by Gasteiger charge is -1.85. The van der Waals surface area contributed by atoms with Gasteiger partial charge in [0.1, 0.15) is 0 Å². The van der Waals surface area contributed by atoms with Crippen molar-refractivity contribution in [2.24, 2.45) is 0 Å². The van der Waals surface area contributed by atoms with E-state index in [1.807, 2.05) is 55.8 Å². The summed E-state index contributed by atoms with van der Waals surface area (Å²) in [5.74, 6) is 0. The zero-order chi connectivity index (χ0) is 11.5. The van der Waals surface area contributed by atoms with Crippen LogP contribution in [0.25, 0.3) is 6.08 Å². The SMILES string of the molecule is CC.CC(=N)S/C=C/C=C\c1ccc[nH]1. The quantitative estimate of drug-likeness (QED) is 0.447. The van der Waals surface area contributed by atoms with E-state index in [4.69, 9.17) is 5.41 Å². The molecule has 0 aliphatic rings. The molecule has 0 aliphatic heterocycles. The standard InChI is InChI=1S/C10H12N2S.C2H6/c1-9(11)13-8-3-2-5-10-6-4-7-12-10;1-2/h2-8,11-12H,1H3;1-2H3/b5-2-,8-3+,11-9?;. The Kier molecular flexibility index (Phi) is 8.58. The third-order valence-corrected chi connectivity index (χ3v) is 1.98. The zero-order valence-corrected chi connectivity index (χ0v) is 10.3. The van der Waals surface area contributed by atoms with Crippen LogP contribution >= 0.6 is 11.8 Å². The molecule has 0 aliphatic carbocycles. The molecule has 1 rings (SSSR count). The van der Waals surface area contributed by atoms with Gasteiger partial charge in [0.2, 0.25) is 0 Å². The maximum Gasteiger partial charge on any atom is 0.0652 e. The van der Waals surface area contributed by atoms with Gasteiger partial charge in [0.05, 0.1) is 5.04 Å². The molecule has 0 atom stereocenters. The van der Waals surface area contributed by atoms with E-state index in [0.29, 0.717) is 5.04 Å². The molecule has 1 aromatic heterocycles. The molecule has 0 bridgehead atoms. The number of nitrogens with one attached hydrogen (secondary N) is 2. The molecule has 0 saturated heterocycles. The lowest BCUT2D eigenvalue weighted by molar-refractivity contribution is 1.38. The lowest BCUT2D eigenvalue weighted by atomic mass is 10.4. The molecular formula is C12H18N2S. The highest BCUT2D eigenvalue weighted by atomic mass is 32.2. The number of rotatable bonds is 3. The largest absolute Gasteiger partial charge is 0.362 e. The summed E-state index contributed by atoms with van der Waals surface area (Å²) in [7, 11) is 0. The smallest absolute Gasteiger partial charge is 0.0652 e. The van der Waals surface area contributed by atoms with E-state index >= 15 is 0 Å². The van der Waals surface area contributed by atoms with Crippen molar-refractivity contribution >= 4 is 22.9 Å². The van der Waals surface area contributed by atoms with Gasteiger partial charge in [-0.3, -0.25) is 5.41 Å². The van der Waals surface area contributed by atoms with Crippen LogP contribution in [0.1, 0.15) is 26.5 Å². The Morgan fingerprint density at radius 1 is 1.40 bits per heavy atom. The Hall–Kier alpha value is -1.22. The summed E-state index contributed by atoms with van der Waals surface area (Å²) in [4.78, 5) is 3.07. The molecule has 0 amide bonds. The Bertz CT molecular complexity index is 310. The highest BCUT2D eigenvalue weighted by Gasteiger charge is 1.81. The molecule has 15 heavy (non-hydrogen) atoms. The highest BCUT2D eigenvalue weighted by Crippen LogP contribution is 2.03.